The van der Waals surface area contributed by atoms with Gasteiger partial charge in [0.1, 0.15) is 12.4 Å². The van der Waals surface area contributed by atoms with Gasteiger partial charge >= 0.3 is 5.97 Å². The van der Waals surface area contributed by atoms with Gasteiger partial charge in [-0.15, -0.1) is 0 Å². The quantitative estimate of drug-likeness (QED) is 0.548. The van der Waals surface area contributed by atoms with E-state index in [9.17, 15) is 13.2 Å². The van der Waals surface area contributed by atoms with Crippen LogP contribution < -0.4 is 9.46 Å². The zero-order valence-electron chi connectivity index (χ0n) is 15.7. The first-order valence-electron chi connectivity index (χ1n) is 8.22. The third-order valence-corrected chi connectivity index (χ3v) is 5.27. The standard InChI is InChI=1S/C19H23NO6S/c1-13-5-6-15(19(21)25-4)12-17(13)20-27(22,23)16-7-8-18(14(2)11-16)26-10-9-24-3/h5-8,11-12,20H,9-10H2,1-4H3. The molecule has 0 saturated carbocycles. The Labute approximate surface area is 159 Å². The van der Waals surface area contributed by atoms with Crippen LogP contribution in [0.1, 0.15) is 21.5 Å². The van der Waals surface area contributed by atoms with Gasteiger partial charge in [-0.2, -0.15) is 0 Å². The highest BCUT2D eigenvalue weighted by molar-refractivity contribution is 7.92. The first-order valence-corrected chi connectivity index (χ1v) is 9.71. The minimum Gasteiger partial charge on any atom is -0.491 e. The number of hydrogen-bond acceptors (Lipinski definition) is 6. The molecule has 0 aliphatic rings. The van der Waals surface area contributed by atoms with Crippen LogP contribution in [0.15, 0.2) is 41.3 Å². The first-order chi connectivity index (χ1) is 12.8. The average molecular weight is 393 g/mol. The fourth-order valence-electron chi connectivity index (χ4n) is 2.37. The Balaban J connectivity index is 2.26. The lowest BCUT2D eigenvalue weighted by atomic mass is 10.1. The molecule has 2 rings (SSSR count). The van der Waals surface area contributed by atoms with Crippen molar-refractivity contribution in [3.8, 4) is 5.75 Å². The smallest absolute Gasteiger partial charge is 0.337 e. The minimum absolute atomic E-state index is 0.0990. The summed E-state index contributed by atoms with van der Waals surface area (Å²) in [5, 5.41) is 0. The predicted octanol–water partition coefficient (Wildman–Crippen LogP) is 2.92. The topological polar surface area (TPSA) is 90.9 Å². The molecule has 0 heterocycles. The van der Waals surface area contributed by atoms with E-state index in [1.165, 1.54) is 25.3 Å². The number of carbonyl (C=O) groups excluding carboxylic acids is 1. The van der Waals surface area contributed by atoms with Crippen LogP contribution in [0.2, 0.25) is 0 Å². The van der Waals surface area contributed by atoms with Gasteiger partial charge in [0.15, 0.2) is 0 Å². The molecule has 0 aliphatic heterocycles. The normalized spacial score (nSPS) is 11.1. The summed E-state index contributed by atoms with van der Waals surface area (Å²) in [6, 6.07) is 9.30. The molecule has 27 heavy (non-hydrogen) atoms. The van der Waals surface area contributed by atoms with Gasteiger partial charge in [0.25, 0.3) is 10.0 Å². The number of rotatable bonds is 8. The van der Waals surface area contributed by atoms with Gasteiger partial charge in [-0.1, -0.05) is 6.07 Å². The molecule has 0 aliphatic carbocycles. The largest absolute Gasteiger partial charge is 0.491 e. The fraction of sp³-hybridized carbons (Fsp3) is 0.316. The van der Waals surface area contributed by atoms with Crippen LogP contribution >= 0.6 is 0 Å². The van der Waals surface area contributed by atoms with E-state index >= 15 is 0 Å². The fourth-order valence-corrected chi connectivity index (χ4v) is 3.57. The maximum absolute atomic E-state index is 12.7. The van der Waals surface area contributed by atoms with Gasteiger partial charge in [-0.05, 0) is 55.3 Å². The molecular weight excluding hydrogens is 370 g/mol. The van der Waals surface area contributed by atoms with Crippen LogP contribution in [0.3, 0.4) is 0 Å². The number of esters is 1. The van der Waals surface area contributed by atoms with E-state index in [1.807, 2.05) is 0 Å². The molecule has 0 radical (unpaired) electrons. The molecule has 0 unspecified atom stereocenters. The molecule has 0 amide bonds. The summed E-state index contributed by atoms with van der Waals surface area (Å²) in [6.45, 7) is 4.33. The van der Waals surface area contributed by atoms with E-state index in [0.29, 0.717) is 35.8 Å². The number of methoxy groups -OCH3 is 2. The number of carbonyl (C=O) groups is 1. The molecule has 146 valence electrons. The summed E-state index contributed by atoms with van der Waals surface area (Å²) < 4.78 is 43.2. The molecule has 8 heteroatoms. The number of sulfonamides is 1. The molecule has 0 saturated heterocycles. The Morgan fingerprint density at radius 3 is 2.37 bits per heavy atom. The van der Waals surface area contributed by atoms with E-state index in [4.69, 9.17) is 9.47 Å². The van der Waals surface area contributed by atoms with Crippen molar-refractivity contribution in [2.24, 2.45) is 0 Å². The van der Waals surface area contributed by atoms with E-state index in [0.717, 1.165) is 0 Å². The second-order valence-electron chi connectivity index (χ2n) is 5.90. The highest BCUT2D eigenvalue weighted by atomic mass is 32.2. The highest BCUT2D eigenvalue weighted by Crippen LogP contribution is 2.25. The van der Waals surface area contributed by atoms with E-state index in [1.54, 1.807) is 39.2 Å². The Kier molecular flexibility index (Phi) is 6.81. The molecule has 2 aromatic carbocycles. The van der Waals surface area contributed by atoms with Crippen molar-refractivity contribution in [3.63, 3.8) is 0 Å². The Morgan fingerprint density at radius 1 is 1.00 bits per heavy atom. The molecule has 0 aromatic heterocycles. The second kappa shape index (κ2) is 8.88. The lowest BCUT2D eigenvalue weighted by Gasteiger charge is -2.14. The number of benzene rings is 2. The molecule has 2 aromatic rings. The van der Waals surface area contributed by atoms with Gasteiger partial charge < -0.3 is 14.2 Å². The zero-order chi connectivity index (χ0) is 20.0. The SMILES string of the molecule is COCCOc1ccc(S(=O)(=O)Nc2cc(C(=O)OC)ccc2C)cc1C. The van der Waals surface area contributed by atoms with Gasteiger partial charge in [-0.25, -0.2) is 13.2 Å². The van der Waals surface area contributed by atoms with E-state index in [2.05, 4.69) is 9.46 Å². The van der Waals surface area contributed by atoms with Crippen LogP contribution in [0.25, 0.3) is 0 Å². The average Bonchev–Trinajstić information content (AvgIpc) is 2.64. The Morgan fingerprint density at radius 2 is 1.74 bits per heavy atom. The number of anilines is 1. The van der Waals surface area contributed by atoms with Crippen molar-refractivity contribution in [1.29, 1.82) is 0 Å². The summed E-state index contributed by atoms with van der Waals surface area (Å²) in [7, 11) is -0.985. The van der Waals surface area contributed by atoms with Gasteiger partial charge in [0.05, 0.1) is 29.9 Å². The monoisotopic (exact) mass is 393 g/mol. The highest BCUT2D eigenvalue weighted by Gasteiger charge is 2.18. The predicted molar refractivity (Wildman–Crippen MR) is 102 cm³/mol. The molecule has 0 bridgehead atoms. The van der Waals surface area contributed by atoms with Crippen molar-refractivity contribution in [2.45, 2.75) is 18.7 Å². The molecule has 0 fully saturated rings. The zero-order valence-corrected chi connectivity index (χ0v) is 16.6. The van der Waals surface area contributed by atoms with Crippen molar-refractivity contribution in [3.05, 3.63) is 53.1 Å². The van der Waals surface area contributed by atoms with Gasteiger partial charge in [0, 0.05) is 7.11 Å². The van der Waals surface area contributed by atoms with Crippen molar-refractivity contribution >= 4 is 21.7 Å². The molecule has 1 N–H and O–H groups in total. The summed E-state index contributed by atoms with van der Waals surface area (Å²) in [4.78, 5) is 11.8. The maximum Gasteiger partial charge on any atom is 0.337 e. The number of nitrogens with one attached hydrogen (secondary N) is 1. The molecule has 0 atom stereocenters. The molecule has 0 spiro atoms. The van der Waals surface area contributed by atoms with Crippen molar-refractivity contribution in [1.82, 2.24) is 0 Å². The minimum atomic E-state index is -3.83. The Bertz CT molecular complexity index is 924. The lowest BCUT2D eigenvalue weighted by molar-refractivity contribution is 0.0600. The van der Waals surface area contributed by atoms with Crippen molar-refractivity contribution < 1.29 is 27.4 Å². The summed E-state index contributed by atoms with van der Waals surface area (Å²) in [5.74, 6) is 0.0544. The number of hydrogen-bond donors (Lipinski definition) is 1. The van der Waals surface area contributed by atoms with Crippen LogP contribution in [0.4, 0.5) is 5.69 Å². The van der Waals surface area contributed by atoms with Gasteiger partial charge in [-0.3, -0.25) is 4.72 Å². The number of ether oxygens (including phenoxy) is 3. The molecule has 7 nitrogen and oxygen atoms in total. The van der Waals surface area contributed by atoms with E-state index in [-0.39, 0.29) is 10.5 Å². The van der Waals surface area contributed by atoms with Crippen LogP contribution in [0.5, 0.6) is 5.75 Å². The lowest BCUT2D eigenvalue weighted by Crippen LogP contribution is -2.15. The van der Waals surface area contributed by atoms with Crippen molar-refractivity contribution in [2.75, 3.05) is 32.2 Å². The second-order valence-corrected chi connectivity index (χ2v) is 7.58. The van der Waals surface area contributed by atoms with Gasteiger partial charge in [0.2, 0.25) is 0 Å². The number of aryl methyl sites for hydroxylation is 2. The Hall–Kier alpha value is -2.58. The summed E-state index contributed by atoms with van der Waals surface area (Å²) in [6.07, 6.45) is 0. The summed E-state index contributed by atoms with van der Waals surface area (Å²) in [5.41, 5.74) is 1.95. The third-order valence-electron chi connectivity index (χ3n) is 3.90. The summed E-state index contributed by atoms with van der Waals surface area (Å²) >= 11 is 0. The van der Waals surface area contributed by atoms with Crippen LogP contribution in [0, 0.1) is 13.8 Å². The third kappa shape index (κ3) is 5.21. The van der Waals surface area contributed by atoms with Crippen LogP contribution in [-0.2, 0) is 19.5 Å². The van der Waals surface area contributed by atoms with E-state index < -0.39 is 16.0 Å². The maximum atomic E-state index is 12.7. The van der Waals surface area contributed by atoms with Crippen LogP contribution in [-0.4, -0.2) is 41.8 Å². The first kappa shape index (κ1) is 20.7. The molecular formula is C19H23NO6S.